The van der Waals surface area contributed by atoms with E-state index in [4.69, 9.17) is 0 Å². The third kappa shape index (κ3) is 17.2. The molecule has 0 aliphatic heterocycles. The fourth-order valence-corrected chi connectivity index (χ4v) is 7.06. The highest BCUT2D eigenvalue weighted by atomic mass is 16.2. The van der Waals surface area contributed by atoms with E-state index in [1.807, 2.05) is 11.5 Å². The first-order chi connectivity index (χ1) is 22.6. The van der Waals surface area contributed by atoms with E-state index in [0.29, 0.717) is 6.54 Å². The van der Waals surface area contributed by atoms with Crippen LogP contribution >= 0.6 is 0 Å². The molecule has 1 aromatic heterocycles. The van der Waals surface area contributed by atoms with Gasteiger partial charge in [-0.15, -0.1) is 0 Å². The number of nitrogens with zero attached hydrogens (tertiary/aromatic N) is 4. The van der Waals surface area contributed by atoms with Crippen LogP contribution in [0.4, 0.5) is 0 Å². The van der Waals surface area contributed by atoms with E-state index in [-0.39, 0.29) is 11.2 Å². The van der Waals surface area contributed by atoms with Crippen LogP contribution in [0.3, 0.4) is 0 Å². The molecule has 0 bridgehead atoms. The predicted octanol–water partition coefficient (Wildman–Crippen LogP) is 9.66. The van der Waals surface area contributed by atoms with E-state index in [9.17, 15) is 9.59 Å². The van der Waals surface area contributed by atoms with Crippen molar-refractivity contribution in [3.05, 3.63) is 32.1 Å². The minimum Gasteiger partial charge on any atom is -0.327 e. The quantitative estimate of drug-likeness (QED) is 0.0587. The second kappa shape index (κ2) is 25.6. The highest BCUT2D eigenvalue weighted by Gasteiger charge is 2.19. The van der Waals surface area contributed by atoms with Crippen molar-refractivity contribution in [1.82, 2.24) is 9.13 Å². The van der Waals surface area contributed by atoms with Gasteiger partial charge in [0.1, 0.15) is 0 Å². The van der Waals surface area contributed by atoms with Gasteiger partial charge in [-0.2, -0.15) is 0 Å². The summed E-state index contributed by atoms with van der Waals surface area (Å²) in [5, 5.41) is 0. The molecule has 0 aliphatic carbocycles. The fraction of sp³-hybridized carbons (Fsp3) is 0.902. The van der Waals surface area contributed by atoms with Gasteiger partial charge in [-0.25, -0.2) is 4.79 Å². The second-order valence-electron chi connectivity index (χ2n) is 15.4. The van der Waals surface area contributed by atoms with Gasteiger partial charge < -0.3 is 8.97 Å². The molecule has 0 spiro atoms. The zero-order valence-electron chi connectivity index (χ0n) is 33.1. The lowest BCUT2D eigenvalue weighted by atomic mass is 10.0. The summed E-state index contributed by atoms with van der Waals surface area (Å²) in [5.74, 6) is 0. The Morgan fingerprint density at radius 2 is 0.830 bits per heavy atom. The molecule has 276 valence electrons. The Balaban J connectivity index is 2.73. The molecule has 6 heteroatoms. The molecule has 6 nitrogen and oxygen atoms in total. The summed E-state index contributed by atoms with van der Waals surface area (Å²) < 4.78 is 5.76. The van der Waals surface area contributed by atoms with Crippen molar-refractivity contribution in [3.8, 4) is 0 Å². The van der Waals surface area contributed by atoms with Crippen LogP contribution in [0.2, 0.25) is 0 Å². The van der Waals surface area contributed by atoms with Gasteiger partial charge in [0, 0.05) is 24.3 Å². The van der Waals surface area contributed by atoms with Gasteiger partial charge in [0.05, 0.1) is 53.4 Å². The zero-order chi connectivity index (χ0) is 35.0. The Hall–Kier alpha value is -1.40. The molecule has 0 saturated carbocycles. The topological polar surface area (TPSA) is 44.0 Å². The zero-order valence-corrected chi connectivity index (χ0v) is 33.1. The summed E-state index contributed by atoms with van der Waals surface area (Å²) in [6.45, 7) is 21.7. The fourth-order valence-electron chi connectivity index (χ4n) is 7.06. The lowest BCUT2D eigenvalue weighted by molar-refractivity contribution is -0.906. The summed E-state index contributed by atoms with van der Waals surface area (Å²) >= 11 is 0. The smallest absolute Gasteiger partial charge is 0.327 e. The van der Waals surface area contributed by atoms with Gasteiger partial charge in [0.2, 0.25) is 0 Å². The molecular weight excluding hydrogens is 580 g/mol. The van der Waals surface area contributed by atoms with E-state index in [1.54, 1.807) is 4.57 Å². The molecule has 0 radical (unpaired) electrons. The van der Waals surface area contributed by atoms with Crippen LogP contribution in [-0.4, -0.2) is 71.5 Å². The first kappa shape index (κ1) is 43.6. The highest BCUT2D eigenvalue weighted by Crippen LogP contribution is 2.15. The van der Waals surface area contributed by atoms with E-state index in [0.717, 1.165) is 104 Å². The minimum atomic E-state index is -0.0809. The van der Waals surface area contributed by atoms with E-state index in [2.05, 4.69) is 48.7 Å². The van der Waals surface area contributed by atoms with Crippen molar-refractivity contribution in [1.29, 1.82) is 0 Å². The average Bonchev–Trinajstić information content (AvgIpc) is 3.08. The Morgan fingerprint density at radius 1 is 0.468 bits per heavy atom. The van der Waals surface area contributed by atoms with Crippen molar-refractivity contribution >= 4 is 0 Å². The number of aromatic nitrogens is 2. The van der Waals surface area contributed by atoms with Gasteiger partial charge >= 0.3 is 5.69 Å². The van der Waals surface area contributed by atoms with Crippen molar-refractivity contribution in [3.63, 3.8) is 0 Å². The maximum Gasteiger partial charge on any atom is 0.331 e. The molecule has 0 amide bonds. The van der Waals surface area contributed by atoms with Crippen molar-refractivity contribution < 1.29 is 8.97 Å². The Bertz CT molecular complexity index is 1040. The van der Waals surface area contributed by atoms with Gasteiger partial charge in [0.15, 0.2) is 0 Å². The molecule has 0 atom stereocenters. The number of quaternary nitrogens is 2. The largest absolute Gasteiger partial charge is 0.331 e. The average molecular weight is 663 g/mol. The minimum absolute atomic E-state index is 0.0138. The van der Waals surface area contributed by atoms with Crippen LogP contribution in [0.5, 0.6) is 0 Å². The summed E-state index contributed by atoms with van der Waals surface area (Å²) in [6, 6.07) is 0. The lowest BCUT2D eigenvalue weighted by Gasteiger charge is -2.32. The Morgan fingerprint density at radius 3 is 1.23 bits per heavy atom. The summed E-state index contributed by atoms with van der Waals surface area (Å²) in [7, 11) is 4.68. The van der Waals surface area contributed by atoms with Crippen molar-refractivity contribution in [2.75, 3.05) is 53.4 Å². The summed E-state index contributed by atoms with van der Waals surface area (Å²) in [4.78, 5) is 27.5. The van der Waals surface area contributed by atoms with E-state index >= 15 is 0 Å². The van der Waals surface area contributed by atoms with E-state index < -0.39 is 0 Å². The Labute approximate surface area is 292 Å². The molecule has 47 heavy (non-hydrogen) atoms. The molecule has 0 aliphatic rings. The van der Waals surface area contributed by atoms with Gasteiger partial charge in [-0.1, -0.05) is 90.4 Å². The van der Waals surface area contributed by atoms with Gasteiger partial charge in [-0.05, 0) is 86.0 Å². The standard InChI is InChI=1S/C41H82N4O2/c1-9-14-15-16-17-18-19-20-21-22-23-24-25-28-33-39-38(6)42(34-29-26-31-36-44(7,10-2)11-3)41(47)43(40(39)46)35-30-27-32-37-45(8,12-4)13-5/h9-37H2,1-8H3/q+2. The first-order valence-corrected chi connectivity index (χ1v) is 20.6. The number of hydrogen-bond acceptors (Lipinski definition) is 2. The van der Waals surface area contributed by atoms with E-state index in [1.165, 1.54) is 96.4 Å². The van der Waals surface area contributed by atoms with Crippen molar-refractivity contribution in [2.45, 2.75) is 189 Å². The van der Waals surface area contributed by atoms with Crippen LogP contribution in [-0.2, 0) is 19.5 Å². The number of hydrogen-bond donors (Lipinski definition) is 0. The molecule has 0 saturated heterocycles. The molecule has 0 unspecified atom stereocenters. The lowest BCUT2D eigenvalue weighted by Crippen LogP contribution is -2.44. The third-order valence-corrected chi connectivity index (χ3v) is 11.8. The number of rotatable bonds is 31. The number of unbranched alkanes of at least 4 members (excludes halogenated alkanes) is 17. The highest BCUT2D eigenvalue weighted by molar-refractivity contribution is 5.17. The summed E-state index contributed by atoms with van der Waals surface area (Å²) in [6.07, 6.45) is 25.9. The van der Waals surface area contributed by atoms with Gasteiger partial charge in [-0.3, -0.25) is 13.9 Å². The molecule has 0 aromatic carbocycles. The van der Waals surface area contributed by atoms with Crippen LogP contribution in [0, 0.1) is 6.92 Å². The van der Waals surface area contributed by atoms with Gasteiger partial charge in [0.25, 0.3) is 5.56 Å². The molecule has 1 rings (SSSR count). The third-order valence-electron chi connectivity index (χ3n) is 11.8. The van der Waals surface area contributed by atoms with Crippen LogP contribution in [0.1, 0.15) is 174 Å². The molecule has 1 heterocycles. The van der Waals surface area contributed by atoms with Crippen LogP contribution in [0.25, 0.3) is 0 Å². The normalized spacial score (nSPS) is 12.3. The SMILES string of the molecule is CCCCCCCCCCCCCCCCc1c(C)n(CCCCC[N+](C)(CC)CC)c(=O)n(CCCCC[N+](C)(CC)CC)c1=O. The Kier molecular flexibility index (Phi) is 23.7. The van der Waals surface area contributed by atoms with Crippen molar-refractivity contribution in [2.24, 2.45) is 0 Å². The summed E-state index contributed by atoms with van der Waals surface area (Å²) in [5.41, 5.74) is 1.72. The first-order valence-electron chi connectivity index (χ1n) is 20.6. The molecule has 1 aromatic rings. The van der Waals surface area contributed by atoms with Crippen LogP contribution in [0.15, 0.2) is 9.59 Å². The maximum atomic E-state index is 13.7. The second-order valence-corrected chi connectivity index (χ2v) is 15.4. The van der Waals surface area contributed by atoms with Crippen LogP contribution < -0.4 is 11.2 Å². The molecular formula is C41H82N4O2+2. The predicted molar refractivity (Wildman–Crippen MR) is 206 cm³/mol. The molecule has 0 fully saturated rings. The monoisotopic (exact) mass is 663 g/mol. The maximum absolute atomic E-state index is 13.7. The molecule has 0 N–H and O–H groups in total.